The van der Waals surface area contributed by atoms with Gasteiger partial charge in [0.05, 0.1) is 0 Å². The number of fused-ring (bicyclic) bond motifs is 1. The van der Waals surface area contributed by atoms with E-state index in [0.717, 1.165) is 17.4 Å². The van der Waals surface area contributed by atoms with Crippen LogP contribution in [-0.4, -0.2) is 0 Å². The summed E-state index contributed by atoms with van der Waals surface area (Å²) in [7, 11) is 0. The molecule has 2 rings (SSSR count). The number of aryl methyl sites for hydroxylation is 1. The second-order valence-electron chi connectivity index (χ2n) is 2.85. The van der Waals surface area contributed by atoms with Crippen molar-refractivity contribution >= 4 is 26.9 Å². The van der Waals surface area contributed by atoms with Crippen LogP contribution in [-0.2, 0) is 6.42 Å². The van der Waals surface area contributed by atoms with Crippen LogP contribution in [0, 0.1) is 5.82 Å². The highest BCUT2D eigenvalue weighted by Crippen LogP contribution is 2.30. The lowest BCUT2D eigenvalue weighted by molar-refractivity contribution is 0.573. The zero-order valence-corrected chi connectivity index (χ0v) is 8.69. The number of benzene rings is 1. The summed E-state index contributed by atoms with van der Waals surface area (Å²) in [4.78, 5) is 0. The first-order valence-corrected chi connectivity index (χ1v) is 4.88. The Morgan fingerprint density at radius 2 is 2.23 bits per heavy atom. The fourth-order valence-corrected chi connectivity index (χ4v) is 2.09. The Kier molecular flexibility index (Phi) is 2.12. The Bertz CT molecular complexity index is 447. The van der Waals surface area contributed by atoms with Crippen LogP contribution in [0.25, 0.3) is 11.0 Å². The number of hydrogen-bond acceptors (Lipinski definition) is 1. The maximum Gasteiger partial charge on any atom is 0.173 e. The minimum absolute atomic E-state index is 0.267. The maximum atomic E-state index is 12.8. The Morgan fingerprint density at radius 3 is 2.92 bits per heavy atom. The third-order valence-corrected chi connectivity index (χ3v) is 2.70. The molecule has 0 N–H and O–H groups in total. The van der Waals surface area contributed by atoms with Crippen molar-refractivity contribution in [1.82, 2.24) is 0 Å². The zero-order valence-electron chi connectivity index (χ0n) is 7.10. The van der Waals surface area contributed by atoms with Gasteiger partial charge in [-0.3, -0.25) is 0 Å². The lowest BCUT2D eigenvalue weighted by Gasteiger charge is -1.91. The Balaban J connectivity index is 2.79. The largest absolute Gasteiger partial charge is 0.449 e. The molecule has 13 heavy (non-hydrogen) atoms. The van der Waals surface area contributed by atoms with Crippen molar-refractivity contribution in [2.45, 2.75) is 13.3 Å². The van der Waals surface area contributed by atoms with Gasteiger partial charge in [0.1, 0.15) is 11.4 Å². The fourth-order valence-electron chi connectivity index (χ4n) is 1.42. The van der Waals surface area contributed by atoms with Gasteiger partial charge in [0.15, 0.2) is 4.67 Å². The van der Waals surface area contributed by atoms with E-state index in [1.807, 2.05) is 6.92 Å². The van der Waals surface area contributed by atoms with Crippen LogP contribution in [0.4, 0.5) is 4.39 Å². The Labute approximate surface area is 83.7 Å². The van der Waals surface area contributed by atoms with Crippen LogP contribution >= 0.6 is 15.9 Å². The molecule has 0 amide bonds. The van der Waals surface area contributed by atoms with Crippen LogP contribution < -0.4 is 0 Å². The summed E-state index contributed by atoms with van der Waals surface area (Å²) in [6.45, 7) is 2.04. The molecule has 0 aliphatic rings. The molecule has 0 radical (unpaired) electrons. The summed E-state index contributed by atoms with van der Waals surface area (Å²) in [5.74, 6) is -0.267. The molecule has 68 valence electrons. The molecule has 0 atom stereocenters. The van der Waals surface area contributed by atoms with E-state index < -0.39 is 0 Å². The smallest absolute Gasteiger partial charge is 0.173 e. The lowest BCUT2D eigenvalue weighted by Crippen LogP contribution is -1.77. The van der Waals surface area contributed by atoms with Crippen molar-refractivity contribution in [2.75, 3.05) is 0 Å². The van der Waals surface area contributed by atoms with Crippen LogP contribution in [0.5, 0.6) is 0 Å². The molecular weight excluding hydrogens is 235 g/mol. The summed E-state index contributed by atoms with van der Waals surface area (Å²) in [6.07, 6.45) is 0.874. The van der Waals surface area contributed by atoms with E-state index in [1.54, 1.807) is 6.07 Å². The second kappa shape index (κ2) is 3.14. The van der Waals surface area contributed by atoms with Gasteiger partial charge in [0.25, 0.3) is 0 Å². The predicted molar refractivity (Wildman–Crippen MR) is 53.3 cm³/mol. The van der Waals surface area contributed by atoms with Gasteiger partial charge in [-0.25, -0.2) is 4.39 Å². The average Bonchev–Trinajstić information content (AvgIpc) is 2.39. The standard InChI is InChI=1S/C10H8BrFO/c1-2-7-8-4-3-6(12)5-9(8)13-10(7)11/h3-5H,2H2,1H3. The molecule has 0 bridgehead atoms. The Hall–Kier alpha value is -0.830. The van der Waals surface area contributed by atoms with Gasteiger partial charge in [-0.1, -0.05) is 6.92 Å². The predicted octanol–water partition coefficient (Wildman–Crippen LogP) is 3.90. The van der Waals surface area contributed by atoms with E-state index in [0.29, 0.717) is 10.3 Å². The third-order valence-electron chi connectivity index (χ3n) is 2.06. The molecule has 2 aromatic rings. The van der Waals surface area contributed by atoms with E-state index in [2.05, 4.69) is 15.9 Å². The third kappa shape index (κ3) is 1.37. The van der Waals surface area contributed by atoms with Gasteiger partial charge in [-0.2, -0.15) is 0 Å². The molecule has 0 aliphatic carbocycles. The molecule has 0 spiro atoms. The monoisotopic (exact) mass is 242 g/mol. The summed E-state index contributed by atoms with van der Waals surface area (Å²) < 4.78 is 18.9. The maximum absolute atomic E-state index is 12.8. The normalized spacial score (nSPS) is 11.0. The number of furan rings is 1. The van der Waals surface area contributed by atoms with E-state index >= 15 is 0 Å². The minimum Gasteiger partial charge on any atom is -0.449 e. The topological polar surface area (TPSA) is 13.1 Å². The van der Waals surface area contributed by atoms with Gasteiger partial charge in [-0.05, 0) is 34.5 Å². The molecule has 0 unspecified atom stereocenters. The highest BCUT2D eigenvalue weighted by atomic mass is 79.9. The molecule has 1 aromatic heterocycles. The summed E-state index contributed by atoms with van der Waals surface area (Å²) >= 11 is 3.31. The van der Waals surface area contributed by atoms with Crippen molar-refractivity contribution in [3.63, 3.8) is 0 Å². The first-order valence-electron chi connectivity index (χ1n) is 4.08. The lowest BCUT2D eigenvalue weighted by atomic mass is 10.1. The molecule has 1 heterocycles. The van der Waals surface area contributed by atoms with Gasteiger partial charge < -0.3 is 4.42 Å². The average molecular weight is 243 g/mol. The molecule has 0 aliphatic heterocycles. The van der Waals surface area contributed by atoms with E-state index in [1.165, 1.54) is 12.1 Å². The van der Waals surface area contributed by atoms with Crippen molar-refractivity contribution in [3.8, 4) is 0 Å². The quantitative estimate of drug-likeness (QED) is 0.740. The van der Waals surface area contributed by atoms with E-state index in [9.17, 15) is 4.39 Å². The second-order valence-corrected chi connectivity index (χ2v) is 3.57. The van der Waals surface area contributed by atoms with Gasteiger partial charge in [0.2, 0.25) is 0 Å². The summed E-state index contributed by atoms with van der Waals surface area (Å²) in [5, 5.41) is 0.982. The molecule has 0 saturated heterocycles. The van der Waals surface area contributed by atoms with Crippen LogP contribution in [0.2, 0.25) is 0 Å². The van der Waals surface area contributed by atoms with Crippen LogP contribution in [0.15, 0.2) is 27.3 Å². The number of hydrogen-bond donors (Lipinski definition) is 0. The highest BCUT2D eigenvalue weighted by Gasteiger charge is 2.10. The minimum atomic E-state index is -0.267. The van der Waals surface area contributed by atoms with Gasteiger partial charge in [-0.15, -0.1) is 0 Å². The molecule has 0 fully saturated rings. The van der Waals surface area contributed by atoms with E-state index in [4.69, 9.17) is 4.42 Å². The number of halogens is 2. The van der Waals surface area contributed by atoms with Crippen molar-refractivity contribution in [2.24, 2.45) is 0 Å². The first kappa shape index (κ1) is 8.75. The van der Waals surface area contributed by atoms with E-state index in [-0.39, 0.29) is 5.82 Å². The summed E-state index contributed by atoms with van der Waals surface area (Å²) in [5.41, 5.74) is 1.69. The molecule has 3 heteroatoms. The molecular formula is C10H8BrFO. The van der Waals surface area contributed by atoms with Crippen molar-refractivity contribution < 1.29 is 8.81 Å². The zero-order chi connectivity index (χ0) is 9.42. The van der Waals surface area contributed by atoms with Crippen molar-refractivity contribution in [3.05, 3.63) is 34.2 Å². The molecule has 1 nitrogen and oxygen atoms in total. The number of rotatable bonds is 1. The fraction of sp³-hybridized carbons (Fsp3) is 0.200. The SMILES string of the molecule is CCc1c(Br)oc2cc(F)ccc12. The van der Waals surface area contributed by atoms with Crippen molar-refractivity contribution in [1.29, 1.82) is 0 Å². The Morgan fingerprint density at radius 1 is 1.46 bits per heavy atom. The first-order chi connectivity index (χ1) is 6.22. The molecule has 1 aromatic carbocycles. The van der Waals surface area contributed by atoms with Gasteiger partial charge >= 0.3 is 0 Å². The summed E-state index contributed by atoms with van der Waals surface area (Å²) in [6, 6.07) is 4.60. The highest BCUT2D eigenvalue weighted by molar-refractivity contribution is 9.10. The van der Waals surface area contributed by atoms with Crippen LogP contribution in [0.1, 0.15) is 12.5 Å². The van der Waals surface area contributed by atoms with Crippen LogP contribution in [0.3, 0.4) is 0 Å². The van der Waals surface area contributed by atoms with Gasteiger partial charge in [0, 0.05) is 17.0 Å². The molecule has 0 saturated carbocycles.